The molecule has 2 aromatic rings. The first-order valence-electron chi connectivity index (χ1n) is 4.54. The molecule has 2 heterocycles. The molecule has 0 aliphatic heterocycles. The first-order valence-corrected chi connectivity index (χ1v) is 7.50. The topological polar surface area (TPSA) is 236 Å². The van der Waals surface area contributed by atoms with Gasteiger partial charge in [0.25, 0.3) is 5.56 Å². The fourth-order valence-electron chi connectivity index (χ4n) is 1.26. The number of hydrogen-bond donors (Lipinski definition) is 7. The molecule has 2 rings (SSSR count). The van der Waals surface area contributed by atoms with E-state index < -0.39 is 46.2 Å². The van der Waals surface area contributed by atoms with Gasteiger partial charge in [0.2, 0.25) is 0 Å². The Bertz CT molecular complexity index is 977. The molecule has 0 saturated carbocycles. The molecule has 0 unspecified atom stereocenters. The van der Waals surface area contributed by atoms with E-state index in [-0.39, 0.29) is 4.34 Å². The Morgan fingerprint density at radius 3 is 1.90 bits per heavy atom. The molecule has 0 fully saturated rings. The zero-order valence-electron chi connectivity index (χ0n) is 9.54. The molecule has 0 spiro atoms. The van der Waals surface area contributed by atoms with Gasteiger partial charge in [0.05, 0.1) is 0 Å². The highest BCUT2D eigenvalue weighted by Crippen LogP contribution is 2.36. The molecular weight excluding hydrogens is 339 g/mol. The minimum Gasteiger partial charge on any atom is -0.308 e. The Morgan fingerprint density at radius 2 is 1.48 bits per heavy atom. The van der Waals surface area contributed by atoms with Gasteiger partial charge in [0.1, 0.15) is 0 Å². The average Bonchev–Trinajstić information content (AvgIpc) is 2.50. The molecule has 0 bridgehead atoms. The Hall–Kier alpha value is -2.03. The molecule has 0 radical (unpaired) electrons. The van der Waals surface area contributed by atoms with E-state index in [1.807, 2.05) is 9.97 Å². The molecule has 0 atom stereocenters. The summed E-state index contributed by atoms with van der Waals surface area (Å²) in [5.41, 5.74) is -4.06. The first kappa shape index (κ1) is 17.0. The second-order valence-electron chi connectivity index (χ2n) is 3.33. The van der Waals surface area contributed by atoms with Gasteiger partial charge in [0, 0.05) is 0 Å². The van der Waals surface area contributed by atoms with Gasteiger partial charge in [-0.15, -0.1) is 0 Å². The smallest absolute Gasteiger partial charge is 0.308 e. The van der Waals surface area contributed by atoms with Crippen LogP contribution in [-0.4, -0.2) is 46.6 Å². The average molecular weight is 346 g/mol. The van der Waals surface area contributed by atoms with Gasteiger partial charge in [-0.2, -0.15) is 12.8 Å². The Balaban J connectivity index is 0.000000383. The SMILES string of the molecule is O=S(=O)(O)O.O=c1[nH]c(=O)c2[nH]c(=O)n(P(=O)(O)O)c2[nH]1. The van der Waals surface area contributed by atoms with Crippen LogP contribution < -0.4 is 16.9 Å². The third kappa shape index (κ3) is 4.48. The highest BCUT2D eigenvalue weighted by Gasteiger charge is 2.24. The lowest BCUT2D eigenvalue weighted by atomic mass is 10.5. The van der Waals surface area contributed by atoms with Crippen molar-refractivity contribution in [2.75, 3.05) is 0 Å². The number of imidazole rings is 1. The van der Waals surface area contributed by atoms with E-state index in [1.165, 1.54) is 0 Å². The van der Waals surface area contributed by atoms with Crippen molar-refractivity contribution in [3.8, 4) is 0 Å². The molecular formula is C5H7N4O10PS. The van der Waals surface area contributed by atoms with E-state index in [4.69, 9.17) is 27.3 Å². The molecule has 7 N–H and O–H groups in total. The maximum atomic E-state index is 11.2. The second-order valence-corrected chi connectivity index (χ2v) is 5.66. The van der Waals surface area contributed by atoms with Gasteiger partial charge >= 0.3 is 29.5 Å². The lowest BCUT2D eigenvalue weighted by molar-refractivity contribution is 0.361. The van der Waals surface area contributed by atoms with E-state index in [1.54, 1.807) is 4.98 Å². The molecule has 0 aliphatic carbocycles. The van der Waals surface area contributed by atoms with Crippen molar-refractivity contribution >= 4 is 29.3 Å². The van der Waals surface area contributed by atoms with Crippen LogP contribution in [-0.2, 0) is 15.0 Å². The number of aromatic nitrogens is 4. The van der Waals surface area contributed by atoms with Crippen molar-refractivity contribution in [2.45, 2.75) is 0 Å². The number of hydrogen-bond acceptors (Lipinski definition) is 6. The van der Waals surface area contributed by atoms with Crippen LogP contribution in [0.3, 0.4) is 0 Å². The van der Waals surface area contributed by atoms with Crippen molar-refractivity contribution in [1.29, 1.82) is 0 Å². The lowest BCUT2D eigenvalue weighted by Crippen LogP contribution is -2.22. The summed E-state index contributed by atoms with van der Waals surface area (Å²) >= 11 is 0. The normalized spacial score (nSPS) is 12.0. The van der Waals surface area contributed by atoms with Crippen LogP contribution >= 0.6 is 7.75 Å². The van der Waals surface area contributed by atoms with Crippen LogP contribution in [0.15, 0.2) is 14.4 Å². The summed E-state index contributed by atoms with van der Waals surface area (Å²) in [7, 11) is -9.61. The quantitative estimate of drug-likeness (QED) is 0.204. The summed E-state index contributed by atoms with van der Waals surface area (Å²) in [6.45, 7) is 0. The van der Waals surface area contributed by atoms with Crippen LogP contribution in [0.25, 0.3) is 11.2 Å². The van der Waals surface area contributed by atoms with Crippen molar-refractivity contribution in [2.24, 2.45) is 0 Å². The highest BCUT2D eigenvalue weighted by molar-refractivity contribution is 7.79. The van der Waals surface area contributed by atoms with Crippen molar-refractivity contribution in [3.05, 3.63) is 31.3 Å². The highest BCUT2D eigenvalue weighted by atomic mass is 32.3. The molecule has 0 aromatic carbocycles. The summed E-state index contributed by atoms with van der Waals surface area (Å²) in [6, 6.07) is 0. The summed E-state index contributed by atoms with van der Waals surface area (Å²) in [6.07, 6.45) is 0. The predicted octanol–water partition coefficient (Wildman–Crippen LogP) is -3.01. The van der Waals surface area contributed by atoms with Crippen molar-refractivity contribution in [1.82, 2.24) is 19.3 Å². The molecule has 21 heavy (non-hydrogen) atoms. The number of aromatic amines is 3. The summed E-state index contributed by atoms with van der Waals surface area (Å²) in [4.78, 5) is 56.7. The number of fused-ring (bicyclic) bond motifs is 1. The standard InChI is InChI=1S/C5H5N4O6P.H2O4S/c10-3-1-2(7-4(11)8-3)9(5(12)6-1)16(13,14)15;1-5(2,3)4/h(H,6,12)(H2,13,14,15)(H2,7,8,10,11);(H2,1,2,3,4). The summed E-state index contributed by atoms with van der Waals surface area (Å²) in [5, 5.41) is 0. The van der Waals surface area contributed by atoms with Gasteiger partial charge in [-0.1, -0.05) is 0 Å². The van der Waals surface area contributed by atoms with Gasteiger partial charge in [0.15, 0.2) is 11.2 Å². The van der Waals surface area contributed by atoms with Gasteiger partial charge < -0.3 is 9.79 Å². The number of H-pyrrole nitrogens is 3. The number of nitrogens with one attached hydrogen (secondary N) is 3. The molecule has 118 valence electrons. The summed E-state index contributed by atoms with van der Waals surface area (Å²) < 4.78 is 42.6. The van der Waals surface area contributed by atoms with E-state index in [0.717, 1.165) is 0 Å². The third-order valence-electron chi connectivity index (χ3n) is 1.82. The van der Waals surface area contributed by atoms with Gasteiger partial charge in [-0.05, 0) is 0 Å². The molecule has 0 amide bonds. The lowest BCUT2D eigenvalue weighted by Gasteiger charge is -2.02. The minimum absolute atomic E-state index is 0.0129. The van der Waals surface area contributed by atoms with E-state index in [2.05, 4.69) is 0 Å². The van der Waals surface area contributed by atoms with Crippen LogP contribution in [0.2, 0.25) is 0 Å². The zero-order chi connectivity index (χ0) is 16.6. The largest absolute Gasteiger partial charge is 0.439 e. The maximum Gasteiger partial charge on any atom is 0.439 e. The fourth-order valence-corrected chi connectivity index (χ4v) is 1.96. The summed E-state index contributed by atoms with van der Waals surface area (Å²) in [5.74, 6) is 0. The third-order valence-corrected chi connectivity index (χ3v) is 2.72. The van der Waals surface area contributed by atoms with Crippen LogP contribution in [0.1, 0.15) is 0 Å². The molecule has 14 nitrogen and oxygen atoms in total. The van der Waals surface area contributed by atoms with Crippen LogP contribution in [0.4, 0.5) is 0 Å². The maximum absolute atomic E-state index is 11.2. The van der Waals surface area contributed by atoms with Gasteiger partial charge in [-0.25, -0.2) is 14.2 Å². The van der Waals surface area contributed by atoms with E-state index in [0.29, 0.717) is 0 Å². The number of nitrogens with zero attached hydrogens (tertiary/aromatic N) is 1. The molecule has 0 saturated heterocycles. The predicted molar refractivity (Wildman–Crippen MR) is 65.4 cm³/mol. The van der Waals surface area contributed by atoms with Gasteiger partial charge in [-0.3, -0.25) is 28.9 Å². The fraction of sp³-hybridized carbons (Fsp3) is 0. The van der Waals surface area contributed by atoms with Crippen molar-refractivity contribution < 1.29 is 31.9 Å². The second kappa shape index (κ2) is 5.40. The molecule has 0 aliphatic rings. The minimum atomic E-state index is -4.94. The van der Waals surface area contributed by atoms with Crippen LogP contribution in [0, 0.1) is 0 Å². The van der Waals surface area contributed by atoms with Crippen LogP contribution in [0.5, 0.6) is 0 Å². The van der Waals surface area contributed by atoms with E-state index in [9.17, 15) is 18.9 Å². The monoisotopic (exact) mass is 346 g/mol. The first-order chi connectivity index (χ1) is 9.30. The molecule has 16 heteroatoms. The molecule has 2 aromatic heterocycles. The Labute approximate surface area is 112 Å². The zero-order valence-corrected chi connectivity index (χ0v) is 11.3. The van der Waals surface area contributed by atoms with E-state index >= 15 is 0 Å². The Kier molecular flexibility index (Phi) is 4.37. The number of rotatable bonds is 1. The van der Waals surface area contributed by atoms with Crippen molar-refractivity contribution in [3.63, 3.8) is 0 Å². The Morgan fingerprint density at radius 1 is 1.00 bits per heavy atom.